The molecule has 0 aromatic rings. The lowest BCUT2D eigenvalue weighted by Crippen LogP contribution is -2.44. The zero-order chi connectivity index (χ0) is 11.8. The first-order valence-corrected chi connectivity index (χ1v) is 6.31. The third-order valence-corrected chi connectivity index (χ3v) is 4.42. The monoisotopic (exact) mass is 235 g/mol. The van der Waals surface area contributed by atoms with Crippen molar-refractivity contribution in [2.24, 2.45) is 23.5 Å². The van der Waals surface area contributed by atoms with Gasteiger partial charge in [0.1, 0.15) is 0 Å². The van der Waals surface area contributed by atoms with Crippen LogP contribution in [-0.2, 0) is 0 Å². The van der Waals surface area contributed by atoms with E-state index in [1.165, 1.54) is 6.42 Å². The maximum atomic E-state index is 12.6. The summed E-state index contributed by atoms with van der Waals surface area (Å²) >= 11 is 0. The van der Waals surface area contributed by atoms with E-state index in [0.29, 0.717) is 18.8 Å². The minimum Gasteiger partial charge on any atom is -0.327 e. The zero-order valence-electron chi connectivity index (χ0n) is 9.47. The van der Waals surface area contributed by atoms with E-state index in [1.54, 1.807) is 0 Å². The van der Waals surface area contributed by atoms with Crippen LogP contribution in [-0.4, -0.2) is 12.2 Å². The van der Waals surface area contributed by atoms with E-state index in [1.807, 2.05) is 0 Å². The van der Waals surface area contributed by atoms with Crippen molar-refractivity contribution >= 4 is 0 Å². The van der Waals surface area contributed by atoms with Crippen molar-refractivity contribution in [1.29, 1.82) is 0 Å². The van der Waals surface area contributed by atoms with Crippen molar-refractivity contribution in [3.05, 3.63) is 0 Å². The number of hydrogen-bond donors (Lipinski definition) is 1. The Hall–Kier alpha value is -0.250. The van der Waals surface area contributed by atoms with Gasteiger partial charge in [0, 0.05) is 6.04 Å². The summed E-state index contributed by atoms with van der Waals surface area (Å²) in [5.41, 5.74) is 6.09. The molecule has 2 saturated carbocycles. The molecular formula is C12H20F3N. The van der Waals surface area contributed by atoms with Gasteiger partial charge in [-0.05, 0) is 43.9 Å². The first-order chi connectivity index (χ1) is 7.48. The highest BCUT2D eigenvalue weighted by molar-refractivity contribution is 4.89. The summed E-state index contributed by atoms with van der Waals surface area (Å²) in [7, 11) is 0. The van der Waals surface area contributed by atoms with Crippen molar-refractivity contribution in [2.75, 3.05) is 0 Å². The molecule has 3 unspecified atom stereocenters. The Bertz CT molecular complexity index is 235. The summed E-state index contributed by atoms with van der Waals surface area (Å²) in [4.78, 5) is 0. The van der Waals surface area contributed by atoms with Crippen LogP contribution in [0.5, 0.6) is 0 Å². The summed E-state index contributed by atoms with van der Waals surface area (Å²) in [6.07, 6.45) is 1.58. The highest BCUT2D eigenvalue weighted by Crippen LogP contribution is 2.43. The number of halogens is 3. The second kappa shape index (κ2) is 4.55. The second-order valence-corrected chi connectivity index (χ2v) is 5.43. The highest BCUT2D eigenvalue weighted by Gasteiger charge is 2.44. The fourth-order valence-electron chi connectivity index (χ4n) is 3.08. The van der Waals surface area contributed by atoms with E-state index in [-0.39, 0.29) is 18.4 Å². The fourth-order valence-corrected chi connectivity index (χ4v) is 3.08. The van der Waals surface area contributed by atoms with Gasteiger partial charge in [-0.3, -0.25) is 0 Å². The lowest BCUT2D eigenvalue weighted by molar-refractivity contribution is -0.186. The molecular weight excluding hydrogens is 215 g/mol. The molecule has 0 aromatic carbocycles. The minimum atomic E-state index is -4.02. The average molecular weight is 235 g/mol. The van der Waals surface area contributed by atoms with Crippen LogP contribution in [0.2, 0.25) is 0 Å². The summed E-state index contributed by atoms with van der Waals surface area (Å²) < 4.78 is 37.9. The predicted molar refractivity (Wildman–Crippen MR) is 56.8 cm³/mol. The zero-order valence-corrected chi connectivity index (χ0v) is 9.47. The van der Waals surface area contributed by atoms with Crippen LogP contribution >= 0.6 is 0 Å². The van der Waals surface area contributed by atoms with Gasteiger partial charge in [0.15, 0.2) is 0 Å². The van der Waals surface area contributed by atoms with Crippen LogP contribution in [0.25, 0.3) is 0 Å². The van der Waals surface area contributed by atoms with Gasteiger partial charge in [-0.15, -0.1) is 0 Å². The van der Waals surface area contributed by atoms with Gasteiger partial charge in [-0.2, -0.15) is 13.2 Å². The molecule has 2 aliphatic rings. The predicted octanol–water partition coefficient (Wildman–Crippen LogP) is 3.48. The maximum absolute atomic E-state index is 12.6. The van der Waals surface area contributed by atoms with Gasteiger partial charge in [-0.25, -0.2) is 0 Å². The third kappa shape index (κ3) is 2.53. The molecule has 1 nitrogen and oxygen atoms in total. The molecule has 0 radical (unpaired) electrons. The SMILES string of the molecule is NC(C1CCC1)C1CCCC(C(F)(F)F)C1. The van der Waals surface area contributed by atoms with E-state index in [0.717, 1.165) is 19.3 Å². The van der Waals surface area contributed by atoms with E-state index in [9.17, 15) is 13.2 Å². The van der Waals surface area contributed by atoms with Gasteiger partial charge in [0.2, 0.25) is 0 Å². The lowest BCUT2D eigenvalue weighted by atomic mass is 9.69. The first-order valence-electron chi connectivity index (χ1n) is 6.31. The average Bonchev–Trinajstić information content (AvgIpc) is 2.14. The lowest BCUT2D eigenvalue weighted by Gasteiger charge is -2.40. The van der Waals surface area contributed by atoms with Gasteiger partial charge in [-0.1, -0.05) is 12.8 Å². The smallest absolute Gasteiger partial charge is 0.327 e. The summed E-state index contributed by atoms with van der Waals surface area (Å²) in [5.74, 6) is -0.500. The van der Waals surface area contributed by atoms with Crippen molar-refractivity contribution < 1.29 is 13.2 Å². The Kier molecular flexibility index (Phi) is 3.48. The van der Waals surface area contributed by atoms with Crippen molar-refractivity contribution in [3.8, 4) is 0 Å². The molecule has 94 valence electrons. The molecule has 16 heavy (non-hydrogen) atoms. The molecule has 0 aromatic heterocycles. The quantitative estimate of drug-likeness (QED) is 0.779. The van der Waals surface area contributed by atoms with E-state index >= 15 is 0 Å². The molecule has 0 amide bonds. The topological polar surface area (TPSA) is 26.0 Å². The van der Waals surface area contributed by atoms with E-state index < -0.39 is 12.1 Å². The number of rotatable bonds is 2. The fraction of sp³-hybridized carbons (Fsp3) is 1.00. The van der Waals surface area contributed by atoms with Crippen LogP contribution < -0.4 is 5.73 Å². The maximum Gasteiger partial charge on any atom is 0.391 e. The van der Waals surface area contributed by atoms with Crippen LogP contribution in [0, 0.1) is 17.8 Å². The summed E-state index contributed by atoms with van der Waals surface area (Å²) in [6.45, 7) is 0. The van der Waals surface area contributed by atoms with Gasteiger partial charge in [0.25, 0.3) is 0 Å². The standard InChI is InChI=1S/C12H20F3N/c13-12(14,15)10-6-2-5-9(7-10)11(16)8-3-1-4-8/h8-11H,1-7,16H2. The number of hydrogen-bond acceptors (Lipinski definition) is 1. The Morgan fingerprint density at radius 1 is 0.938 bits per heavy atom. The van der Waals surface area contributed by atoms with Crippen molar-refractivity contribution in [2.45, 2.75) is 57.2 Å². The number of nitrogens with two attached hydrogens (primary N) is 1. The van der Waals surface area contributed by atoms with Gasteiger partial charge in [0.05, 0.1) is 5.92 Å². The minimum absolute atomic E-state index is 0.0129. The van der Waals surface area contributed by atoms with Gasteiger partial charge < -0.3 is 5.73 Å². The Labute approximate surface area is 94.6 Å². The van der Waals surface area contributed by atoms with Crippen molar-refractivity contribution in [3.63, 3.8) is 0 Å². The second-order valence-electron chi connectivity index (χ2n) is 5.43. The highest BCUT2D eigenvalue weighted by atomic mass is 19.4. The van der Waals surface area contributed by atoms with Crippen LogP contribution in [0.1, 0.15) is 44.9 Å². The molecule has 0 heterocycles. The molecule has 0 aliphatic heterocycles. The summed E-state index contributed by atoms with van der Waals surface area (Å²) in [5, 5.41) is 0. The van der Waals surface area contributed by atoms with Crippen LogP contribution in [0.4, 0.5) is 13.2 Å². The number of alkyl halides is 3. The first kappa shape index (κ1) is 12.2. The molecule has 0 spiro atoms. The Balaban J connectivity index is 1.90. The van der Waals surface area contributed by atoms with Crippen LogP contribution in [0.15, 0.2) is 0 Å². The normalized spacial score (nSPS) is 34.5. The van der Waals surface area contributed by atoms with Crippen LogP contribution in [0.3, 0.4) is 0 Å². The molecule has 2 aliphatic carbocycles. The Morgan fingerprint density at radius 2 is 1.50 bits per heavy atom. The summed E-state index contributed by atoms with van der Waals surface area (Å²) in [6, 6.07) is 0.0129. The molecule has 0 saturated heterocycles. The van der Waals surface area contributed by atoms with E-state index in [4.69, 9.17) is 5.73 Å². The largest absolute Gasteiger partial charge is 0.391 e. The van der Waals surface area contributed by atoms with E-state index in [2.05, 4.69) is 0 Å². The Morgan fingerprint density at radius 3 is 2.00 bits per heavy atom. The van der Waals surface area contributed by atoms with Crippen molar-refractivity contribution in [1.82, 2.24) is 0 Å². The molecule has 4 heteroatoms. The molecule has 2 rings (SSSR count). The molecule has 2 N–H and O–H groups in total. The molecule has 2 fully saturated rings. The third-order valence-electron chi connectivity index (χ3n) is 4.42. The molecule has 0 bridgehead atoms. The van der Waals surface area contributed by atoms with Gasteiger partial charge >= 0.3 is 6.18 Å². The molecule has 3 atom stereocenters.